The van der Waals surface area contributed by atoms with Gasteiger partial charge in [0.25, 0.3) is 5.91 Å². The van der Waals surface area contributed by atoms with Crippen LogP contribution < -0.4 is 15.4 Å². The third kappa shape index (κ3) is 4.96. The largest absolute Gasteiger partial charge is 0.497 e. The predicted octanol–water partition coefficient (Wildman–Crippen LogP) is 5.92. The first-order chi connectivity index (χ1) is 18.2. The minimum absolute atomic E-state index is 0.0839. The molecule has 1 aliphatic heterocycles. The number of benzene rings is 1. The van der Waals surface area contributed by atoms with Crippen LogP contribution in [0.2, 0.25) is 0 Å². The highest BCUT2D eigenvalue weighted by atomic mass is 32.1. The number of halogens is 3. The van der Waals surface area contributed by atoms with Crippen LogP contribution in [0.3, 0.4) is 0 Å². The molecule has 202 valence electrons. The number of hydrogen-bond donors (Lipinski definition) is 2. The summed E-state index contributed by atoms with van der Waals surface area (Å²) in [7, 11) is 1.51. The van der Waals surface area contributed by atoms with E-state index in [0.717, 1.165) is 34.4 Å². The van der Waals surface area contributed by atoms with Crippen LogP contribution in [-0.2, 0) is 17.6 Å². The molecule has 0 spiro atoms. The lowest BCUT2D eigenvalue weighted by atomic mass is 9.95. The Morgan fingerprint density at radius 2 is 1.95 bits per heavy atom. The third-order valence-electron chi connectivity index (χ3n) is 6.82. The van der Waals surface area contributed by atoms with Crippen molar-refractivity contribution in [2.75, 3.05) is 24.4 Å². The normalized spacial score (nSPS) is 18.7. The Hall–Kier alpha value is -3.54. The van der Waals surface area contributed by atoms with Gasteiger partial charge < -0.3 is 20.1 Å². The van der Waals surface area contributed by atoms with Gasteiger partial charge in [-0.3, -0.25) is 4.79 Å². The number of carbonyl (C=O) groups is 2. The number of rotatable bonds is 6. The molecule has 2 atom stereocenters. The Labute approximate surface area is 221 Å². The Bertz CT molecular complexity index is 1350. The maximum atomic E-state index is 14.1. The number of aromatic nitrogens is 2. The molecule has 38 heavy (non-hydrogen) atoms. The van der Waals surface area contributed by atoms with Crippen LogP contribution in [0.15, 0.2) is 30.3 Å². The van der Waals surface area contributed by atoms with Gasteiger partial charge in [0.15, 0.2) is 11.7 Å². The number of nitrogens with one attached hydrogen (secondary N) is 2. The molecule has 3 heterocycles. The van der Waals surface area contributed by atoms with Crippen molar-refractivity contribution in [3.8, 4) is 5.75 Å². The Morgan fingerprint density at radius 1 is 1.21 bits per heavy atom. The van der Waals surface area contributed by atoms with Gasteiger partial charge in [0.05, 0.1) is 25.3 Å². The highest BCUT2D eigenvalue weighted by Crippen LogP contribution is 2.44. The van der Waals surface area contributed by atoms with E-state index >= 15 is 0 Å². The number of carbonyl (C=O) groups excluding carboxylic acids is 2. The van der Waals surface area contributed by atoms with Crippen molar-refractivity contribution >= 4 is 34.0 Å². The minimum Gasteiger partial charge on any atom is -0.497 e. The van der Waals surface area contributed by atoms with E-state index in [4.69, 9.17) is 9.47 Å². The minimum atomic E-state index is -4.58. The quantitative estimate of drug-likeness (QED) is 0.372. The number of fused-ring (bicyclic) bond motifs is 2. The van der Waals surface area contributed by atoms with Crippen molar-refractivity contribution in [1.29, 1.82) is 0 Å². The molecule has 12 heteroatoms. The lowest BCUT2D eigenvalue weighted by Gasteiger charge is -2.33. The van der Waals surface area contributed by atoms with Crippen molar-refractivity contribution in [1.82, 2.24) is 9.78 Å². The van der Waals surface area contributed by atoms with Crippen molar-refractivity contribution < 1.29 is 32.2 Å². The third-order valence-corrected chi connectivity index (χ3v) is 8.03. The summed E-state index contributed by atoms with van der Waals surface area (Å²) < 4.78 is 53.4. The second-order valence-corrected chi connectivity index (χ2v) is 10.3. The lowest BCUT2D eigenvalue weighted by Crippen LogP contribution is -2.35. The molecule has 3 aromatic rings. The van der Waals surface area contributed by atoms with Crippen LogP contribution in [0.5, 0.6) is 5.75 Å². The van der Waals surface area contributed by atoms with E-state index in [-0.39, 0.29) is 24.5 Å². The van der Waals surface area contributed by atoms with Crippen molar-refractivity contribution in [3.05, 3.63) is 57.6 Å². The summed E-state index contributed by atoms with van der Waals surface area (Å²) in [5.74, 6) is -0.536. The molecular weight excluding hydrogens is 521 g/mol. The summed E-state index contributed by atoms with van der Waals surface area (Å²) in [4.78, 5) is 26.9. The molecule has 0 unspecified atom stereocenters. The van der Waals surface area contributed by atoms with E-state index in [2.05, 4.69) is 15.7 Å². The number of amides is 1. The van der Waals surface area contributed by atoms with Gasteiger partial charge >= 0.3 is 12.1 Å². The summed E-state index contributed by atoms with van der Waals surface area (Å²) in [5, 5.41) is 10.2. The van der Waals surface area contributed by atoms with Gasteiger partial charge in [-0.2, -0.15) is 18.3 Å². The molecule has 0 saturated heterocycles. The number of hydrogen-bond acceptors (Lipinski definition) is 7. The smallest absolute Gasteiger partial charge is 0.410 e. The van der Waals surface area contributed by atoms with E-state index in [1.54, 1.807) is 31.2 Å². The van der Waals surface area contributed by atoms with Gasteiger partial charge in [0.1, 0.15) is 16.6 Å². The number of esters is 1. The summed E-state index contributed by atoms with van der Waals surface area (Å²) in [6.07, 6.45) is -1.46. The van der Waals surface area contributed by atoms with Crippen molar-refractivity contribution in [2.24, 2.45) is 0 Å². The zero-order valence-corrected chi connectivity index (χ0v) is 21.7. The standard InChI is InChI=1S/C26H27F3N4O4S/c1-3-37-25(35)22-16-6-4-5-7-19(16)38-24(22)31-23(34)18-13-21-30-17(14-8-10-15(36-2)11-9-14)12-20(26(27,28)29)33(21)32-18/h8-11,13,17,20,30H,3-7,12H2,1-2H3,(H,31,34)/t17-,20-/m1/s1. The number of ether oxygens (including phenoxy) is 2. The number of anilines is 2. The van der Waals surface area contributed by atoms with Crippen LogP contribution >= 0.6 is 11.3 Å². The number of thiophene rings is 1. The maximum Gasteiger partial charge on any atom is 0.410 e. The Kier molecular flexibility index (Phi) is 7.08. The molecule has 0 fully saturated rings. The molecule has 2 N–H and O–H groups in total. The molecule has 1 aliphatic carbocycles. The Morgan fingerprint density at radius 3 is 2.63 bits per heavy atom. The average molecular weight is 549 g/mol. The molecule has 2 aromatic heterocycles. The number of alkyl halides is 3. The zero-order valence-electron chi connectivity index (χ0n) is 20.9. The second-order valence-electron chi connectivity index (χ2n) is 9.21. The van der Waals surface area contributed by atoms with E-state index in [0.29, 0.717) is 28.3 Å². The molecule has 0 saturated carbocycles. The van der Waals surface area contributed by atoms with E-state index < -0.39 is 30.1 Å². The monoisotopic (exact) mass is 548 g/mol. The van der Waals surface area contributed by atoms with Gasteiger partial charge in [0, 0.05) is 17.4 Å². The zero-order chi connectivity index (χ0) is 27.0. The molecule has 1 amide bonds. The summed E-state index contributed by atoms with van der Waals surface area (Å²) >= 11 is 1.31. The number of nitrogens with zero attached hydrogens (tertiary/aromatic N) is 2. The number of aryl methyl sites for hydroxylation is 1. The van der Waals surface area contributed by atoms with Gasteiger partial charge in [-0.25, -0.2) is 9.48 Å². The molecule has 0 bridgehead atoms. The molecule has 1 aromatic carbocycles. The van der Waals surface area contributed by atoms with Gasteiger partial charge in [0.2, 0.25) is 0 Å². The maximum absolute atomic E-state index is 14.1. The van der Waals surface area contributed by atoms with Crippen LogP contribution in [0.1, 0.15) is 75.1 Å². The SMILES string of the molecule is CCOC(=O)c1c(NC(=O)c2cc3n(n2)[C@@H](C(F)(F)F)C[C@H](c2ccc(OC)cc2)N3)sc2c1CCCC2. The first-order valence-corrected chi connectivity index (χ1v) is 13.2. The van der Waals surface area contributed by atoms with E-state index in [1.807, 2.05) is 0 Å². The highest BCUT2D eigenvalue weighted by molar-refractivity contribution is 7.17. The molecule has 0 radical (unpaired) electrons. The first-order valence-electron chi connectivity index (χ1n) is 12.4. The lowest BCUT2D eigenvalue weighted by molar-refractivity contribution is -0.173. The second kappa shape index (κ2) is 10.3. The summed E-state index contributed by atoms with van der Waals surface area (Å²) in [6.45, 7) is 1.89. The molecule has 2 aliphatic rings. The molecular formula is C26H27F3N4O4S. The number of methoxy groups -OCH3 is 1. The van der Waals surface area contributed by atoms with E-state index in [9.17, 15) is 22.8 Å². The molecule has 5 rings (SSSR count). The predicted molar refractivity (Wildman–Crippen MR) is 136 cm³/mol. The van der Waals surface area contributed by atoms with Crippen LogP contribution in [0, 0.1) is 0 Å². The summed E-state index contributed by atoms with van der Waals surface area (Å²) in [5.41, 5.74) is 1.68. The van der Waals surface area contributed by atoms with Gasteiger partial charge in [-0.05, 0) is 55.9 Å². The van der Waals surface area contributed by atoms with Gasteiger partial charge in [-0.15, -0.1) is 11.3 Å². The Balaban J connectivity index is 1.44. The van der Waals surface area contributed by atoms with Crippen molar-refractivity contribution in [3.63, 3.8) is 0 Å². The fraction of sp³-hybridized carbons (Fsp3) is 0.423. The fourth-order valence-corrected chi connectivity index (χ4v) is 6.25. The van der Waals surface area contributed by atoms with Crippen LogP contribution in [0.25, 0.3) is 0 Å². The topological polar surface area (TPSA) is 94.5 Å². The van der Waals surface area contributed by atoms with Crippen LogP contribution in [-0.4, -0.2) is 41.5 Å². The molecule has 8 nitrogen and oxygen atoms in total. The summed E-state index contributed by atoms with van der Waals surface area (Å²) in [6, 6.07) is 5.53. The van der Waals surface area contributed by atoms with Crippen molar-refractivity contribution in [2.45, 2.75) is 57.3 Å². The highest BCUT2D eigenvalue weighted by Gasteiger charge is 2.47. The van der Waals surface area contributed by atoms with Gasteiger partial charge in [-0.1, -0.05) is 12.1 Å². The van der Waals surface area contributed by atoms with E-state index in [1.165, 1.54) is 24.5 Å². The fourth-order valence-electron chi connectivity index (χ4n) is 4.98. The first kappa shape index (κ1) is 26.1. The van der Waals surface area contributed by atoms with Crippen LogP contribution in [0.4, 0.5) is 24.0 Å². The average Bonchev–Trinajstić information content (AvgIpc) is 3.49.